The Morgan fingerprint density at radius 3 is 2.44 bits per heavy atom. The summed E-state index contributed by atoms with van der Waals surface area (Å²) in [5, 5.41) is 3.39. The monoisotopic (exact) mass is 251 g/mol. The summed E-state index contributed by atoms with van der Waals surface area (Å²) in [5.41, 5.74) is 4.38. The van der Waals surface area contributed by atoms with E-state index >= 15 is 0 Å². The summed E-state index contributed by atoms with van der Waals surface area (Å²) < 4.78 is 26.4. The van der Waals surface area contributed by atoms with Crippen LogP contribution in [0.3, 0.4) is 0 Å². The van der Waals surface area contributed by atoms with E-state index in [0.717, 1.165) is 25.9 Å². The van der Waals surface area contributed by atoms with Crippen LogP contribution in [0.1, 0.15) is 22.3 Å². The number of benzene rings is 1. The first-order valence-electron chi connectivity index (χ1n) is 6.73. The minimum atomic E-state index is -0.767. The van der Waals surface area contributed by atoms with Crippen LogP contribution < -0.4 is 5.32 Å². The highest BCUT2D eigenvalue weighted by molar-refractivity contribution is 5.46. The van der Waals surface area contributed by atoms with E-state index in [2.05, 4.69) is 17.4 Å². The van der Waals surface area contributed by atoms with Crippen LogP contribution in [-0.2, 0) is 25.7 Å². The first-order chi connectivity index (χ1) is 8.78. The summed E-state index contributed by atoms with van der Waals surface area (Å²) in [5.74, 6) is 0. The lowest BCUT2D eigenvalue weighted by Crippen LogP contribution is -2.26. The van der Waals surface area contributed by atoms with E-state index in [4.69, 9.17) is 0 Å². The van der Waals surface area contributed by atoms with Gasteiger partial charge in [0, 0.05) is 5.41 Å². The molecule has 98 valence electrons. The van der Waals surface area contributed by atoms with E-state index in [-0.39, 0.29) is 0 Å². The third kappa shape index (κ3) is 1.85. The average Bonchev–Trinajstić information content (AvgIpc) is 2.63. The van der Waals surface area contributed by atoms with Crippen molar-refractivity contribution in [2.75, 3.05) is 26.4 Å². The highest BCUT2D eigenvalue weighted by Crippen LogP contribution is 2.40. The normalized spacial score (nSPS) is 21.2. The molecule has 0 bridgehead atoms. The summed E-state index contributed by atoms with van der Waals surface area (Å²) in [4.78, 5) is 0. The minimum Gasteiger partial charge on any atom is -0.316 e. The Bertz CT molecular complexity index is 452. The molecule has 2 aliphatic rings. The maximum atomic E-state index is 13.2. The first-order valence-corrected chi connectivity index (χ1v) is 6.73. The van der Waals surface area contributed by atoms with Gasteiger partial charge in [-0.15, -0.1) is 0 Å². The number of nitrogens with one attached hydrogen (secondary N) is 1. The number of hydrogen-bond acceptors (Lipinski definition) is 1. The molecule has 3 heteroatoms. The van der Waals surface area contributed by atoms with E-state index in [0.29, 0.717) is 12.8 Å². The predicted octanol–water partition coefficient (Wildman–Crippen LogP) is 2.40. The molecule has 0 saturated heterocycles. The molecule has 0 aromatic heterocycles. The molecule has 1 heterocycles. The SMILES string of the molecule is FCC1(CF)Cc2ccc3c(c2C1)CCNCC3. The van der Waals surface area contributed by atoms with Crippen molar-refractivity contribution in [3.05, 3.63) is 34.4 Å². The van der Waals surface area contributed by atoms with Crippen LogP contribution in [0.15, 0.2) is 12.1 Å². The van der Waals surface area contributed by atoms with Crippen LogP contribution in [0.5, 0.6) is 0 Å². The predicted molar refractivity (Wildman–Crippen MR) is 68.5 cm³/mol. The van der Waals surface area contributed by atoms with Gasteiger partial charge in [-0.1, -0.05) is 12.1 Å². The Morgan fingerprint density at radius 1 is 0.944 bits per heavy atom. The van der Waals surface area contributed by atoms with Crippen LogP contribution in [0.4, 0.5) is 8.78 Å². The largest absolute Gasteiger partial charge is 0.316 e. The molecule has 1 aliphatic carbocycles. The Kier molecular flexibility index (Phi) is 3.10. The van der Waals surface area contributed by atoms with Gasteiger partial charge in [0.25, 0.3) is 0 Å². The highest BCUT2D eigenvalue weighted by Gasteiger charge is 2.39. The molecule has 1 aliphatic heterocycles. The Balaban J connectivity index is 2.01. The third-order valence-electron chi connectivity index (χ3n) is 4.43. The summed E-state index contributed by atoms with van der Waals surface area (Å²) in [6.07, 6.45) is 3.17. The Hall–Kier alpha value is -0.960. The lowest BCUT2D eigenvalue weighted by Gasteiger charge is -2.20. The van der Waals surface area contributed by atoms with E-state index in [1.807, 2.05) is 0 Å². The van der Waals surface area contributed by atoms with Gasteiger partial charge in [-0.2, -0.15) is 0 Å². The van der Waals surface area contributed by atoms with Crippen molar-refractivity contribution in [3.63, 3.8) is 0 Å². The zero-order valence-electron chi connectivity index (χ0n) is 10.6. The molecule has 1 N–H and O–H groups in total. The van der Waals surface area contributed by atoms with Crippen LogP contribution in [0.25, 0.3) is 0 Å². The number of fused-ring (bicyclic) bond motifs is 3. The Morgan fingerprint density at radius 2 is 1.67 bits per heavy atom. The number of rotatable bonds is 2. The van der Waals surface area contributed by atoms with E-state index in [1.165, 1.54) is 22.3 Å². The maximum Gasteiger partial charge on any atom is 0.0982 e. The summed E-state index contributed by atoms with van der Waals surface area (Å²) >= 11 is 0. The average molecular weight is 251 g/mol. The molecule has 18 heavy (non-hydrogen) atoms. The van der Waals surface area contributed by atoms with Crippen LogP contribution in [0.2, 0.25) is 0 Å². The van der Waals surface area contributed by atoms with Gasteiger partial charge in [-0.25, -0.2) is 0 Å². The molecule has 0 saturated carbocycles. The van der Waals surface area contributed by atoms with Crippen molar-refractivity contribution in [2.24, 2.45) is 5.41 Å². The van der Waals surface area contributed by atoms with Crippen LogP contribution in [0, 0.1) is 5.41 Å². The van der Waals surface area contributed by atoms with Crippen molar-refractivity contribution < 1.29 is 8.78 Å². The van der Waals surface area contributed by atoms with E-state index in [9.17, 15) is 8.78 Å². The second-order valence-corrected chi connectivity index (χ2v) is 5.71. The molecule has 1 aromatic rings. The number of alkyl halides is 2. The second kappa shape index (κ2) is 4.61. The maximum absolute atomic E-state index is 13.2. The molecule has 1 nitrogen and oxygen atoms in total. The topological polar surface area (TPSA) is 12.0 Å². The lowest BCUT2D eigenvalue weighted by atomic mass is 9.87. The zero-order valence-corrected chi connectivity index (χ0v) is 10.6. The zero-order chi connectivity index (χ0) is 12.6. The fourth-order valence-corrected chi connectivity index (χ4v) is 3.35. The molecule has 0 radical (unpaired) electrons. The van der Waals surface area contributed by atoms with Crippen molar-refractivity contribution in [3.8, 4) is 0 Å². The van der Waals surface area contributed by atoms with Crippen molar-refractivity contribution in [1.29, 1.82) is 0 Å². The van der Waals surface area contributed by atoms with E-state index < -0.39 is 18.8 Å². The highest BCUT2D eigenvalue weighted by atomic mass is 19.1. The van der Waals surface area contributed by atoms with Gasteiger partial charge in [-0.05, 0) is 61.0 Å². The molecule has 0 unspecified atom stereocenters. The summed E-state index contributed by atoms with van der Waals surface area (Å²) in [6, 6.07) is 4.25. The van der Waals surface area contributed by atoms with Gasteiger partial charge >= 0.3 is 0 Å². The van der Waals surface area contributed by atoms with Gasteiger partial charge in [-0.3, -0.25) is 8.78 Å². The lowest BCUT2D eigenvalue weighted by molar-refractivity contribution is 0.163. The molecule has 0 atom stereocenters. The fraction of sp³-hybridized carbons (Fsp3) is 0.600. The van der Waals surface area contributed by atoms with Crippen molar-refractivity contribution in [1.82, 2.24) is 5.32 Å². The third-order valence-corrected chi connectivity index (χ3v) is 4.43. The molecule has 0 spiro atoms. The second-order valence-electron chi connectivity index (χ2n) is 5.71. The summed E-state index contributed by atoms with van der Waals surface area (Å²) in [7, 11) is 0. The quantitative estimate of drug-likeness (QED) is 0.851. The van der Waals surface area contributed by atoms with Gasteiger partial charge in [0.1, 0.15) is 0 Å². The van der Waals surface area contributed by atoms with Crippen molar-refractivity contribution in [2.45, 2.75) is 25.7 Å². The van der Waals surface area contributed by atoms with Gasteiger partial charge in [0.2, 0.25) is 0 Å². The molecule has 1 aromatic carbocycles. The van der Waals surface area contributed by atoms with Crippen molar-refractivity contribution >= 4 is 0 Å². The molecule has 0 amide bonds. The molecule has 0 fully saturated rings. The molecular formula is C15H19F2N. The Labute approximate surface area is 107 Å². The van der Waals surface area contributed by atoms with Crippen LogP contribution >= 0.6 is 0 Å². The number of hydrogen-bond donors (Lipinski definition) is 1. The number of halogens is 2. The minimum absolute atomic E-state index is 0.550. The van der Waals surface area contributed by atoms with Gasteiger partial charge < -0.3 is 5.32 Å². The van der Waals surface area contributed by atoms with Crippen LogP contribution in [-0.4, -0.2) is 26.4 Å². The first kappa shape index (κ1) is 12.1. The standard InChI is InChI=1S/C15H19F2N/c16-9-15(10-17)7-12-2-1-11-3-5-18-6-4-13(11)14(12)8-15/h1-2,18H,3-10H2. The smallest absolute Gasteiger partial charge is 0.0982 e. The summed E-state index contributed by atoms with van der Waals surface area (Å²) in [6.45, 7) is 0.876. The van der Waals surface area contributed by atoms with Gasteiger partial charge in [0.15, 0.2) is 0 Å². The fourth-order valence-electron chi connectivity index (χ4n) is 3.35. The van der Waals surface area contributed by atoms with E-state index in [1.54, 1.807) is 0 Å². The molecule has 3 rings (SSSR count). The van der Waals surface area contributed by atoms with Gasteiger partial charge in [0.05, 0.1) is 13.3 Å². The molecular weight excluding hydrogens is 232 g/mol.